The molecule has 1 atom stereocenters. The van der Waals surface area contributed by atoms with Crippen LogP contribution in [0.1, 0.15) is 22.6 Å². The van der Waals surface area contributed by atoms with Crippen LogP contribution in [0.3, 0.4) is 0 Å². The lowest BCUT2D eigenvalue weighted by molar-refractivity contribution is -0.139. The van der Waals surface area contributed by atoms with E-state index in [-0.39, 0.29) is 25.6 Å². The molecular weight excluding hydrogens is 418 g/mol. The number of rotatable bonds is 8. The first kappa shape index (κ1) is 22.0. The van der Waals surface area contributed by atoms with Gasteiger partial charge in [-0.15, -0.1) is 6.42 Å². The van der Waals surface area contributed by atoms with Crippen molar-refractivity contribution < 1.29 is 24.2 Å². The Bertz CT molecular complexity index is 1150. The Morgan fingerprint density at radius 2 is 1.58 bits per heavy atom. The molecule has 1 amide bonds. The van der Waals surface area contributed by atoms with E-state index in [1.54, 1.807) is 24.3 Å². The quantitative estimate of drug-likeness (QED) is 0.511. The number of terminal acetylenes is 1. The highest BCUT2D eigenvalue weighted by atomic mass is 16.5. The molecule has 1 aliphatic rings. The normalized spacial score (nSPS) is 12.7. The van der Waals surface area contributed by atoms with Gasteiger partial charge in [0.15, 0.2) is 0 Å². The molecule has 166 valence electrons. The maximum Gasteiger partial charge on any atom is 0.407 e. The number of carboxylic acids is 1. The lowest BCUT2D eigenvalue weighted by Crippen LogP contribution is -2.42. The molecule has 3 aromatic rings. The summed E-state index contributed by atoms with van der Waals surface area (Å²) >= 11 is 0. The maximum absolute atomic E-state index is 12.5. The third-order valence-electron chi connectivity index (χ3n) is 5.62. The minimum absolute atomic E-state index is 0.0954. The molecule has 1 aliphatic carbocycles. The van der Waals surface area contributed by atoms with Crippen LogP contribution in [0.2, 0.25) is 0 Å². The van der Waals surface area contributed by atoms with E-state index in [1.165, 1.54) is 0 Å². The van der Waals surface area contributed by atoms with Crippen LogP contribution in [0.15, 0.2) is 72.8 Å². The van der Waals surface area contributed by atoms with Crippen molar-refractivity contribution in [3.05, 3.63) is 89.5 Å². The van der Waals surface area contributed by atoms with E-state index >= 15 is 0 Å². The van der Waals surface area contributed by atoms with Crippen molar-refractivity contribution in [3.63, 3.8) is 0 Å². The molecule has 4 rings (SSSR count). The minimum Gasteiger partial charge on any atom is -0.481 e. The topological polar surface area (TPSA) is 84.9 Å². The van der Waals surface area contributed by atoms with Gasteiger partial charge < -0.3 is 19.9 Å². The van der Waals surface area contributed by atoms with Crippen LogP contribution >= 0.6 is 0 Å². The van der Waals surface area contributed by atoms with Gasteiger partial charge in [-0.1, -0.05) is 66.6 Å². The highest BCUT2D eigenvalue weighted by Gasteiger charge is 2.29. The molecule has 0 unspecified atom stereocenters. The fourth-order valence-electron chi connectivity index (χ4n) is 4.06. The van der Waals surface area contributed by atoms with E-state index in [9.17, 15) is 14.7 Å². The zero-order valence-corrected chi connectivity index (χ0v) is 17.9. The first-order chi connectivity index (χ1) is 16.1. The number of alkyl carbamates (subject to hydrolysis) is 1. The van der Waals surface area contributed by atoms with Gasteiger partial charge in [0.25, 0.3) is 0 Å². The molecule has 0 radical (unpaired) electrons. The van der Waals surface area contributed by atoms with Crippen LogP contribution in [0.4, 0.5) is 4.79 Å². The number of carbonyl (C=O) groups excluding carboxylic acids is 1. The average Bonchev–Trinajstić information content (AvgIpc) is 3.15. The first-order valence-electron chi connectivity index (χ1n) is 10.6. The molecule has 0 fully saturated rings. The highest BCUT2D eigenvalue weighted by Crippen LogP contribution is 2.44. The summed E-state index contributed by atoms with van der Waals surface area (Å²) in [5.41, 5.74) is 5.16. The van der Waals surface area contributed by atoms with Gasteiger partial charge in [-0.05, 0) is 39.9 Å². The molecule has 0 saturated carbocycles. The van der Waals surface area contributed by atoms with Crippen LogP contribution in [-0.2, 0) is 16.0 Å². The molecule has 2 N–H and O–H groups in total. The molecule has 0 heterocycles. The fourth-order valence-corrected chi connectivity index (χ4v) is 4.06. The first-order valence-corrected chi connectivity index (χ1v) is 10.6. The summed E-state index contributed by atoms with van der Waals surface area (Å²) in [6.45, 7) is 0.272. The zero-order valence-electron chi connectivity index (χ0n) is 17.9. The van der Waals surface area contributed by atoms with E-state index in [4.69, 9.17) is 15.9 Å². The van der Waals surface area contributed by atoms with Crippen LogP contribution in [-0.4, -0.2) is 36.4 Å². The second-order valence-corrected chi connectivity index (χ2v) is 7.70. The molecule has 6 nitrogen and oxygen atoms in total. The number of nitrogens with one attached hydrogen (secondary N) is 1. The number of carbonyl (C=O) groups is 2. The second kappa shape index (κ2) is 9.92. The third kappa shape index (κ3) is 4.99. The number of hydrogen-bond donors (Lipinski definition) is 2. The number of hydrogen-bond acceptors (Lipinski definition) is 4. The highest BCUT2D eigenvalue weighted by molar-refractivity contribution is 5.81. The van der Waals surface area contributed by atoms with Crippen LogP contribution in [0, 0.1) is 12.3 Å². The lowest BCUT2D eigenvalue weighted by atomic mass is 9.98. The van der Waals surface area contributed by atoms with Gasteiger partial charge in [-0.25, -0.2) is 9.59 Å². The molecule has 3 aromatic carbocycles. The molecule has 0 saturated heterocycles. The summed E-state index contributed by atoms with van der Waals surface area (Å²) in [5.74, 6) is 1.73. The smallest absolute Gasteiger partial charge is 0.407 e. The van der Waals surface area contributed by atoms with Crippen LogP contribution < -0.4 is 10.1 Å². The number of amides is 1. The van der Waals surface area contributed by atoms with Gasteiger partial charge in [-0.3, -0.25) is 0 Å². The number of aliphatic carboxylic acids is 1. The Labute approximate surface area is 192 Å². The summed E-state index contributed by atoms with van der Waals surface area (Å²) in [5, 5.41) is 12.0. The van der Waals surface area contributed by atoms with Crippen molar-refractivity contribution in [1.82, 2.24) is 5.32 Å². The Balaban J connectivity index is 1.38. The van der Waals surface area contributed by atoms with Crippen LogP contribution in [0.5, 0.6) is 5.75 Å². The predicted molar refractivity (Wildman–Crippen MR) is 124 cm³/mol. The van der Waals surface area contributed by atoms with Gasteiger partial charge in [-0.2, -0.15) is 0 Å². The summed E-state index contributed by atoms with van der Waals surface area (Å²) in [6, 6.07) is 21.8. The summed E-state index contributed by atoms with van der Waals surface area (Å²) in [4.78, 5) is 24.2. The second-order valence-electron chi connectivity index (χ2n) is 7.70. The molecule has 0 spiro atoms. The molecule has 6 heteroatoms. The zero-order chi connectivity index (χ0) is 23.2. The van der Waals surface area contributed by atoms with Crippen molar-refractivity contribution in [2.24, 2.45) is 0 Å². The van der Waals surface area contributed by atoms with E-state index in [0.29, 0.717) is 5.75 Å². The Morgan fingerprint density at radius 3 is 2.15 bits per heavy atom. The van der Waals surface area contributed by atoms with Crippen molar-refractivity contribution in [2.75, 3.05) is 13.2 Å². The van der Waals surface area contributed by atoms with Crippen molar-refractivity contribution in [3.8, 4) is 29.2 Å². The standard InChI is InChI=1S/C27H23NO5/c1-2-15-32-19-13-11-18(12-14-19)16-25(26(29)30)28-27(31)33-17-24-22-9-5-3-7-20(22)21-8-4-6-10-23(21)24/h1,3-14,24-25H,15-17H2,(H,28,31)(H,29,30)/t25-/m1/s1. The number of fused-ring (bicyclic) bond motifs is 3. The molecule has 0 aliphatic heterocycles. The summed E-state index contributed by atoms with van der Waals surface area (Å²) in [7, 11) is 0. The molecule has 33 heavy (non-hydrogen) atoms. The largest absolute Gasteiger partial charge is 0.481 e. The minimum atomic E-state index is -1.14. The van der Waals surface area contributed by atoms with E-state index in [1.807, 2.05) is 36.4 Å². The lowest BCUT2D eigenvalue weighted by Gasteiger charge is -2.17. The fraction of sp³-hybridized carbons (Fsp3) is 0.185. The number of carboxylic acid groups (broad SMARTS) is 1. The van der Waals surface area contributed by atoms with Crippen molar-refractivity contribution in [2.45, 2.75) is 18.4 Å². The van der Waals surface area contributed by atoms with Crippen molar-refractivity contribution >= 4 is 12.1 Å². The maximum atomic E-state index is 12.5. The van der Waals surface area contributed by atoms with Gasteiger partial charge >= 0.3 is 12.1 Å². The SMILES string of the molecule is C#CCOc1ccc(C[C@@H](NC(=O)OCC2c3ccccc3-c3ccccc32)C(=O)O)cc1. The van der Waals surface area contributed by atoms with Gasteiger partial charge in [0.2, 0.25) is 0 Å². The number of benzene rings is 3. The number of ether oxygens (including phenoxy) is 2. The Hall–Kier alpha value is -4.24. The van der Waals surface area contributed by atoms with E-state index < -0.39 is 18.1 Å². The van der Waals surface area contributed by atoms with E-state index in [2.05, 4.69) is 23.4 Å². The van der Waals surface area contributed by atoms with E-state index in [0.717, 1.165) is 27.8 Å². The average molecular weight is 441 g/mol. The van der Waals surface area contributed by atoms with Gasteiger partial charge in [0, 0.05) is 12.3 Å². The summed E-state index contributed by atoms with van der Waals surface area (Å²) < 4.78 is 10.8. The summed E-state index contributed by atoms with van der Waals surface area (Å²) in [6.07, 6.45) is 4.51. The van der Waals surface area contributed by atoms with Gasteiger partial charge in [0.05, 0.1) is 0 Å². The Morgan fingerprint density at radius 1 is 0.970 bits per heavy atom. The van der Waals surface area contributed by atoms with Gasteiger partial charge in [0.1, 0.15) is 25.0 Å². The molecule has 0 bridgehead atoms. The predicted octanol–water partition coefficient (Wildman–Crippen LogP) is 4.23. The van der Waals surface area contributed by atoms with Crippen molar-refractivity contribution in [1.29, 1.82) is 0 Å². The Kier molecular flexibility index (Phi) is 6.61. The monoisotopic (exact) mass is 441 g/mol. The molecular formula is C27H23NO5. The molecule has 0 aromatic heterocycles. The third-order valence-corrected chi connectivity index (χ3v) is 5.62. The van der Waals surface area contributed by atoms with Crippen LogP contribution in [0.25, 0.3) is 11.1 Å².